The highest BCUT2D eigenvalue weighted by Gasteiger charge is 2.14. The van der Waals surface area contributed by atoms with Gasteiger partial charge < -0.3 is 15.0 Å². The van der Waals surface area contributed by atoms with Crippen LogP contribution in [0.4, 0.5) is 5.69 Å². The second-order valence-corrected chi connectivity index (χ2v) is 8.05. The van der Waals surface area contributed by atoms with Gasteiger partial charge in [-0.05, 0) is 80.9 Å². The molecule has 7 heteroatoms. The highest BCUT2D eigenvalue weighted by molar-refractivity contribution is 7.80. The molecule has 0 aliphatic rings. The van der Waals surface area contributed by atoms with E-state index in [4.69, 9.17) is 17.0 Å². The first kappa shape index (κ1) is 25.3. The van der Waals surface area contributed by atoms with E-state index >= 15 is 0 Å². The Balaban J connectivity index is 1.96. The van der Waals surface area contributed by atoms with Crippen molar-refractivity contribution in [2.24, 2.45) is 0 Å². The summed E-state index contributed by atoms with van der Waals surface area (Å²) >= 11 is 5.28. The van der Waals surface area contributed by atoms with Gasteiger partial charge in [-0.2, -0.15) is 0 Å². The molecule has 0 spiro atoms. The zero-order valence-electron chi connectivity index (χ0n) is 19.3. The molecule has 1 unspecified atom stereocenters. The normalized spacial score (nSPS) is 11.4. The molecule has 6 nitrogen and oxygen atoms in total. The number of rotatable bonds is 10. The minimum atomic E-state index is -0.321. The molecule has 0 aromatic heterocycles. The van der Waals surface area contributed by atoms with Crippen molar-refractivity contribution in [2.45, 2.75) is 53.1 Å². The molecular weight excluding hydrogens is 422 g/mol. The molecule has 0 saturated heterocycles. The highest BCUT2D eigenvalue weighted by Crippen LogP contribution is 2.16. The Hall–Kier alpha value is -2.93. The Kier molecular flexibility index (Phi) is 10.1. The van der Waals surface area contributed by atoms with Crippen LogP contribution in [0, 0.1) is 0 Å². The fourth-order valence-corrected chi connectivity index (χ4v) is 3.31. The van der Waals surface area contributed by atoms with Crippen LogP contribution in [0.25, 0.3) is 0 Å². The minimum Gasteiger partial charge on any atom is -0.491 e. The van der Waals surface area contributed by atoms with E-state index in [0.717, 1.165) is 32.4 Å². The van der Waals surface area contributed by atoms with Crippen LogP contribution in [0.3, 0.4) is 0 Å². The van der Waals surface area contributed by atoms with Gasteiger partial charge in [0.1, 0.15) is 5.75 Å². The van der Waals surface area contributed by atoms with Crippen LogP contribution < -0.4 is 15.4 Å². The first-order valence-electron chi connectivity index (χ1n) is 11.2. The van der Waals surface area contributed by atoms with E-state index < -0.39 is 0 Å². The predicted octanol–water partition coefficient (Wildman–Crippen LogP) is 5.25. The Bertz CT molecular complexity index is 909. The molecule has 0 bridgehead atoms. The van der Waals surface area contributed by atoms with Crippen LogP contribution in [0.2, 0.25) is 0 Å². The third kappa shape index (κ3) is 7.64. The molecule has 172 valence electrons. The lowest BCUT2D eigenvalue weighted by molar-refractivity contribution is 0.0755. The largest absolute Gasteiger partial charge is 0.491 e. The van der Waals surface area contributed by atoms with Gasteiger partial charge in [0.05, 0.1) is 6.10 Å². The van der Waals surface area contributed by atoms with Gasteiger partial charge in [-0.15, -0.1) is 0 Å². The number of carbonyl (C=O) groups excluding carboxylic acids is 2. The maximum absolute atomic E-state index is 12.7. The summed E-state index contributed by atoms with van der Waals surface area (Å²) < 4.78 is 5.77. The number of carbonyl (C=O) groups is 2. The van der Waals surface area contributed by atoms with Crippen LogP contribution in [-0.4, -0.2) is 41.0 Å². The van der Waals surface area contributed by atoms with Crippen LogP contribution in [0.15, 0.2) is 48.5 Å². The van der Waals surface area contributed by atoms with Gasteiger partial charge >= 0.3 is 0 Å². The average molecular weight is 456 g/mol. The topological polar surface area (TPSA) is 70.7 Å². The first-order chi connectivity index (χ1) is 15.4. The van der Waals surface area contributed by atoms with Gasteiger partial charge in [-0.3, -0.25) is 14.9 Å². The van der Waals surface area contributed by atoms with Crippen molar-refractivity contribution in [1.29, 1.82) is 0 Å². The van der Waals surface area contributed by atoms with E-state index in [0.29, 0.717) is 22.6 Å². The van der Waals surface area contributed by atoms with Gasteiger partial charge in [0, 0.05) is 29.9 Å². The lowest BCUT2D eigenvalue weighted by Crippen LogP contribution is -2.34. The number of hydrogen-bond acceptors (Lipinski definition) is 4. The van der Waals surface area contributed by atoms with E-state index in [2.05, 4.69) is 24.5 Å². The molecule has 0 aliphatic carbocycles. The number of nitrogens with one attached hydrogen (secondary N) is 2. The summed E-state index contributed by atoms with van der Waals surface area (Å²) in [6, 6.07) is 14.1. The van der Waals surface area contributed by atoms with Crippen LogP contribution in [0.5, 0.6) is 5.75 Å². The quantitative estimate of drug-likeness (QED) is 0.479. The third-order valence-corrected chi connectivity index (χ3v) is 5.10. The van der Waals surface area contributed by atoms with Crippen molar-refractivity contribution >= 4 is 34.8 Å². The van der Waals surface area contributed by atoms with E-state index in [-0.39, 0.29) is 23.0 Å². The summed E-state index contributed by atoms with van der Waals surface area (Å²) in [5, 5.41) is 5.85. The number of thiocarbonyl (C=S) groups is 1. The van der Waals surface area contributed by atoms with E-state index in [9.17, 15) is 9.59 Å². The van der Waals surface area contributed by atoms with Crippen molar-refractivity contribution < 1.29 is 14.3 Å². The molecule has 2 rings (SSSR count). The molecule has 1 atom stereocenters. The predicted molar refractivity (Wildman–Crippen MR) is 133 cm³/mol. The second-order valence-electron chi connectivity index (χ2n) is 7.64. The maximum atomic E-state index is 12.7. The molecule has 0 saturated carbocycles. The smallest absolute Gasteiger partial charge is 0.257 e. The molecule has 2 aromatic rings. The summed E-state index contributed by atoms with van der Waals surface area (Å²) in [6.45, 7) is 9.63. The van der Waals surface area contributed by atoms with Gasteiger partial charge in [-0.25, -0.2) is 0 Å². The molecule has 2 aromatic carbocycles. The van der Waals surface area contributed by atoms with E-state index in [1.807, 2.05) is 24.8 Å². The van der Waals surface area contributed by atoms with Crippen molar-refractivity contribution in [1.82, 2.24) is 10.2 Å². The first-order valence-corrected chi connectivity index (χ1v) is 11.6. The molecule has 32 heavy (non-hydrogen) atoms. The molecule has 0 aliphatic heterocycles. The monoisotopic (exact) mass is 455 g/mol. The Morgan fingerprint density at radius 1 is 1.00 bits per heavy atom. The fraction of sp³-hybridized carbons (Fsp3) is 0.400. The molecule has 2 amide bonds. The fourth-order valence-electron chi connectivity index (χ4n) is 3.10. The van der Waals surface area contributed by atoms with Crippen molar-refractivity contribution in [3.05, 3.63) is 59.7 Å². The van der Waals surface area contributed by atoms with Gasteiger partial charge in [0.15, 0.2) is 5.11 Å². The number of nitrogens with zero attached hydrogens (tertiary/aromatic N) is 1. The molecular formula is C25H33N3O3S. The van der Waals surface area contributed by atoms with Crippen molar-refractivity contribution in [3.8, 4) is 5.75 Å². The molecule has 0 heterocycles. The SMILES string of the molecule is CCCN(CCC)C(=O)c1ccc(NC(=S)NC(=O)c2cccc(OC(C)CC)c2)cc1. The summed E-state index contributed by atoms with van der Waals surface area (Å²) in [4.78, 5) is 27.1. The lowest BCUT2D eigenvalue weighted by Gasteiger charge is -2.21. The van der Waals surface area contributed by atoms with Gasteiger partial charge in [0.2, 0.25) is 0 Å². The summed E-state index contributed by atoms with van der Waals surface area (Å²) in [5.74, 6) is 0.348. The number of benzene rings is 2. The number of amides is 2. The Labute approximate surface area is 196 Å². The number of anilines is 1. The molecule has 0 radical (unpaired) electrons. The zero-order chi connectivity index (χ0) is 23.5. The Morgan fingerprint density at radius 2 is 1.66 bits per heavy atom. The maximum Gasteiger partial charge on any atom is 0.257 e. The second kappa shape index (κ2) is 12.8. The zero-order valence-corrected chi connectivity index (χ0v) is 20.1. The summed E-state index contributed by atoms with van der Waals surface area (Å²) in [7, 11) is 0. The van der Waals surface area contributed by atoms with Crippen LogP contribution >= 0.6 is 12.2 Å². The molecule has 0 fully saturated rings. The number of ether oxygens (including phenoxy) is 1. The standard InChI is InChI=1S/C25H33N3O3S/c1-5-15-28(16-6-2)24(30)19-11-13-21(14-12-19)26-25(32)27-23(29)20-9-8-10-22(17-20)31-18(4)7-3/h8-14,17-18H,5-7,15-16H2,1-4H3,(H2,26,27,29,32). The highest BCUT2D eigenvalue weighted by atomic mass is 32.1. The van der Waals surface area contributed by atoms with E-state index in [1.165, 1.54) is 0 Å². The van der Waals surface area contributed by atoms with Crippen LogP contribution in [-0.2, 0) is 0 Å². The molecule has 2 N–H and O–H groups in total. The van der Waals surface area contributed by atoms with Gasteiger partial charge in [-0.1, -0.05) is 26.8 Å². The minimum absolute atomic E-state index is 0.0237. The van der Waals surface area contributed by atoms with Gasteiger partial charge in [0.25, 0.3) is 11.8 Å². The summed E-state index contributed by atoms with van der Waals surface area (Å²) in [5.41, 5.74) is 1.78. The van der Waals surface area contributed by atoms with Crippen molar-refractivity contribution in [2.75, 3.05) is 18.4 Å². The van der Waals surface area contributed by atoms with E-state index in [1.54, 1.807) is 42.5 Å². The van der Waals surface area contributed by atoms with Crippen LogP contribution in [0.1, 0.15) is 67.7 Å². The summed E-state index contributed by atoms with van der Waals surface area (Å²) in [6.07, 6.45) is 2.80. The Morgan fingerprint density at radius 3 is 2.25 bits per heavy atom. The number of hydrogen-bond donors (Lipinski definition) is 2. The van der Waals surface area contributed by atoms with Crippen molar-refractivity contribution in [3.63, 3.8) is 0 Å². The third-order valence-electron chi connectivity index (χ3n) is 4.90. The lowest BCUT2D eigenvalue weighted by atomic mass is 10.1. The average Bonchev–Trinajstić information content (AvgIpc) is 2.79.